The number of primary amides is 1. The molecule has 25 N–H and O–H groups in total. The molecule has 1 aromatic carbocycles. The van der Waals surface area contributed by atoms with E-state index in [2.05, 4.69) is 68.8 Å². The largest absolute Gasteiger partial charge is 0.480 e. The minimum atomic E-state index is -1.80. The highest BCUT2D eigenvalue weighted by Gasteiger charge is 2.38. The summed E-state index contributed by atoms with van der Waals surface area (Å²) >= 11 is 0. The van der Waals surface area contributed by atoms with Crippen LogP contribution in [0, 0.1) is 0 Å². The lowest BCUT2D eigenvalue weighted by Gasteiger charge is -2.27. The van der Waals surface area contributed by atoms with Gasteiger partial charge in [-0.3, -0.25) is 67.1 Å². The Balaban J connectivity index is 1.49. The van der Waals surface area contributed by atoms with E-state index < -0.39 is 213 Å². The molecule has 1 aliphatic heterocycles. The fourth-order valence-electron chi connectivity index (χ4n) is 9.15. The minimum absolute atomic E-state index is 0.0225. The number of carboxylic acids is 1. The Bertz CT molecular complexity index is 3000. The lowest BCUT2D eigenvalue weighted by atomic mass is 10.0. The molecule has 0 spiro atoms. The Labute approximate surface area is 531 Å². The van der Waals surface area contributed by atoms with Crippen LogP contribution in [0.25, 0.3) is 10.9 Å². The van der Waals surface area contributed by atoms with Crippen LogP contribution >= 0.6 is 0 Å². The number of aliphatic hydroxyl groups excluding tert-OH is 5. The maximum Gasteiger partial charge on any atom is 0.326 e. The standard InChI is InChI=1S/C55H85N17O21/c1-25(46(83)71-45(28(4)77)53(90)67-34(16-29-18-59-32-11-6-5-10-30(29)32)48(85)66-33(55(92)93)12-7-8-14-56)64-52(89)44(27(3)76)70-41(81)20-60-39(79)19-63-51(88)43(26(2)75)69-42(82)22-61-47(84)35(23-73)68-49(86)36(24-74)65-40(80)21-62-50(87)37-13-9-15-72(37)54(91)31(57)17-38(58)78/h5-6,10-11,18,25-28,31,33-37,43-45,59,73-77H,7-9,12-17,19-24,56-57H2,1-4H3,(H2,58,78)(H,60,79)(H,61,84)(H,62,87)(H,63,88)(H,64,89)(H,65,80)(H,66,85)(H,67,90)(H,68,86)(H,69,82)(H,70,81)(H,71,83)(H,92,93)/t25-,26+,27+,28+,31-,33-,34-,35-,36-,37-,43-,44-,45-/m0/s1. The molecule has 0 saturated carbocycles. The van der Waals surface area contributed by atoms with Gasteiger partial charge in [-0.25, -0.2) is 4.79 Å². The molecule has 0 radical (unpaired) electrons. The summed E-state index contributed by atoms with van der Waals surface area (Å²) in [6.45, 7) is -0.686. The Hall–Kier alpha value is -9.47. The lowest BCUT2D eigenvalue weighted by Crippen LogP contribution is -2.61. The summed E-state index contributed by atoms with van der Waals surface area (Å²) in [5.74, 6) is -15.6. The van der Waals surface area contributed by atoms with Crippen molar-refractivity contribution < 1.29 is 103 Å². The number of likely N-dealkylation sites (tertiary alicyclic amines) is 1. The van der Waals surface area contributed by atoms with Gasteiger partial charge in [0.25, 0.3) is 0 Å². The van der Waals surface area contributed by atoms with Crippen LogP contribution in [0.2, 0.25) is 0 Å². The number of hydrogen-bond acceptors (Lipinski definition) is 22. The second-order valence-corrected chi connectivity index (χ2v) is 21.8. The number of nitrogens with zero attached hydrogens (tertiary/aromatic N) is 1. The van der Waals surface area contributed by atoms with Gasteiger partial charge in [0, 0.05) is 30.1 Å². The summed E-state index contributed by atoms with van der Waals surface area (Å²) in [5, 5.41) is 88.0. The van der Waals surface area contributed by atoms with E-state index in [1.54, 1.807) is 30.5 Å². The molecule has 14 amide bonds. The van der Waals surface area contributed by atoms with E-state index in [0.717, 1.165) is 32.6 Å². The van der Waals surface area contributed by atoms with Crippen molar-refractivity contribution in [3.8, 4) is 0 Å². The number of aromatic amines is 1. The molecule has 2 aromatic rings. The highest BCUT2D eigenvalue weighted by molar-refractivity contribution is 5.99. The van der Waals surface area contributed by atoms with E-state index in [-0.39, 0.29) is 32.4 Å². The van der Waals surface area contributed by atoms with E-state index in [1.807, 2.05) is 0 Å². The molecular formula is C55H85N17O21. The zero-order valence-electron chi connectivity index (χ0n) is 51.5. The molecule has 0 unspecified atom stereocenters. The fraction of sp³-hybridized carbons (Fsp3) is 0.582. The second-order valence-electron chi connectivity index (χ2n) is 21.8. The summed E-state index contributed by atoms with van der Waals surface area (Å²) in [7, 11) is 0. The zero-order valence-corrected chi connectivity index (χ0v) is 51.5. The normalized spacial score (nSPS) is 16.6. The van der Waals surface area contributed by atoms with E-state index in [9.17, 15) is 103 Å². The number of fused-ring (bicyclic) bond motifs is 1. The molecule has 2 heterocycles. The summed E-state index contributed by atoms with van der Waals surface area (Å²) in [4.78, 5) is 197. The number of nitrogens with one attached hydrogen (secondary N) is 13. The van der Waals surface area contributed by atoms with Gasteiger partial charge in [0.1, 0.15) is 54.4 Å². The van der Waals surface area contributed by atoms with Crippen molar-refractivity contribution in [1.82, 2.24) is 73.7 Å². The average molecular weight is 1320 g/mol. The quantitative estimate of drug-likeness (QED) is 0.0276. The number of rotatable bonds is 39. The minimum Gasteiger partial charge on any atom is -0.480 e. The van der Waals surface area contributed by atoms with Crippen LogP contribution in [0.15, 0.2) is 30.5 Å². The second kappa shape index (κ2) is 38.4. The molecule has 516 valence electrons. The van der Waals surface area contributed by atoms with Crippen LogP contribution in [-0.4, -0.2) is 260 Å². The smallest absolute Gasteiger partial charge is 0.326 e. The third kappa shape index (κ3) is 25.3. The van der Waals surface area contributed by atoms with E-state index in [0.29, 0.717) is 35.7 Å². The topological polar surface area (TPSA) is 619 Å². The van der Waals surface area contributed by atoms with Gasteiger partial charge in [-0.2, -0.15) is 0 Å². The molecular weight excluding hydrogens is 1230 g/mol. The number of aliphatic hydroxyl groups is 5. The summed E-state index contributed by atoms with van der Waals surface area (Å²) < 4.78 is 0. The van der Waals surface area contributed by atoms with Gasteiger partial charge in [0.2, 0.25) is 82.7 Å². The van der Waals surface area contributed by atoms with Crippen LogP contribution in [0.3, 0.4) is 0 Å². The average Bonchev–Trinajstić information content (AvgIpc) is 1.75. The van der Waals surface area contributed by atoms with Crippen molar-refractivity contribution in [3.05, 3.63) is 36.0 Å². The number of carboxylic acid groups (broad SMARTS) is 1. The summed E-state index contributed by atoms with van der Waals surface area (Å²) in [6.07, 6.45) is -2.49. The number of para-hydroxylation sites is 1. The molecule has 1 aliphatic rings. The highest BCUT2D eigenvalue weighted by atomic mass is 16.4. The third-order valence-corrected chi connectivity index (χ3v) is 14.2. The van der Waals surface area contributed by atoms with Crippen molar-refractivity contribution in [1.29, 1.82) is 0 Å². The number of H-pyrrole nitrogens is 1. The van der Waals surface area contributed by atoms with Gasteiger partial charge in [0.05, 0.1) is 70.2 Å². The lowest BCUT2D eigenvalue weighted by molar-refractivity contribution is -0.142. The number of amides is 14. The molecule has 93 heavy (non-hydrogen) atoms. The molecule has 0 bridgehead atoms. The zero-order chi connectivity index (χ0) is 69.8. The van der Waals surface area contributed by atoms with E-state index in [4.69, 9.17) is 17.2 Å². The van der Waals surface area contributed by atoms with Gasteiger partial charge in [-0.1, -0.05) is 18.2 Å². The van der Waals surface area contributed by atoms with Crippen LogP contribution in [-0.2, 0) is 78.3 Å². The van der Waals surface area contributed by atoms with Crippen molar-refractivity contribution in [2.45, 2.75) is 151 Å². The Kier molecular flexibility index (Phi) is 32.1. The molecule has 38 heteroatoms. The third-order valence-electron chi connectivity index (χ3n) is 14.2. The van der Waals surface area contributed by atoms with Gasteiger partial charge in [-0.05, 0) is 78.0 Å². The van der Waals surface area contributed by atoms with Crippen molar-refractivity contribution in [2.24, 2.45) is 17.2 Å². The molecule has 1 saturated heterocycles. The molecule has 0 aliphatic carbocycles. The number of unbranched alkanes of at least 4 members (excludes halogenated alkanes) is 1. The van der Waals surface area contributed by atoms with Gasteiger partial charge < -0.3 is 122 Å². The number of carbonyl (C=O) groups excluding carboxylic acids is 14. The maximum atomic E-state index is 13.8. The first-order valence-corrected chi connectivity index (χ1v) is 29.4. The SMILES string of the molecule is C[C@H](NC(=O)[C@@H](NC(=O)CNC(=O)CNC(=O)[C@@H](NC(=O)CNC(=O)[C@H](CO)NC(=O)[C@H](CO)NC(=O)CNC(=O)[C@@H]1CCCN1C(=O)[C@@H](N)CC(N)=O)[C@@H](C)O)[C@@H](C)O)C(=O)N[C@H](C(=O)N[C@@H](Cc1c[nH]c2ccccc12)C(=O)N[C@@H](CCCCN)C(=O)O)[C@@H](C)O. The monoisotopic (exact) mass is 1320 g/mol. The number of nitrogens with two attached hydrogens (primary N) is 3. The summed E-state index contributed by atoms with van der Waals surface area (Å²) in [6, 6.07) is -8.55. The predicted octanol–water partition coefficient (Wildman–Crippen LogP) is -11.4. The fourth-order valence-corrected chi connectivity index (χ4v) is 9.15. The number of aliphatic carboxylic acids is 1. The Morgan fingerprint density at radius 1 is 0.581 bits per heavy atom. The maximum absolute atomic E-state index is 13.8. The van der Waals surface area contributed by atoms with E-state index >= 15 is 0 Å². The first-order valence-electron chi connectivity index (χ1n) is 29.4. The van der Waals surface area contributed by atoms with Gasteiger partial charge >= 0.3 is 5.97 Å². The van der Waals surface area contributed by atoms with Crippen LogP contribution in [0.4, 0.5) is 0 Å². The van der Waals surface area contributed by atoms with Gasteiger partial charge in [-0.15, -0.1) is 0 Å². The van der Waals surface area contributed by atoms with Crippen LogP contribution in [0.5, 0.6) is 0 Å². The summed E-state index contributed by atoms with van der Waals surface area (Å²) in [5.41, 5.74) is 17.6. The molecule has 38 nitrogen and oxygen atoms in total. The van der Waals surface area contributed by atoms with E-state index in [1.165, 1.54) is 0 Å². The van der Waals surface area contributed by atoms with Crippen molar-refractivity contribution >= 4 is 99.6 Å². The first kappa shape index (κ1) is 77.8. The van der Waals surface area contributed by atoms with Crippen molar-refractivity contribution in [3.63, 3.8) is 0 Å². The van der Waals surface area contributed by atoms with Crippen molar-refractivity contribution in [2.75, 3.05) is 52.5 Å². The first-order chi connectivity index (χ1) is 43.8. The number of benzene rings is 1. The Morgan fingerprint density at radius 2 is 1.09 bits per heavy atom. The molecule has 3 rings (SSSR count). The molecule has 1 aromatic heterocycles. The number of carbonyl (C=O) groups is 15. The molecule has 1 fully saturated rings. The van der Waals surface area contributed by atoms with Crippen LogP contribution in [0.1, 0.15) is 71.8 Å². The number of hydrogen-bond donors (Lipinski definition) is 22. The predicted molar refractivity (Wildman–Crippen MR) is 321 cm³/mol. The van der Waals surface area contributed by atoms with Gasteiger partial charge in [0.15, 0.2) is 0 Å². The Morgan fingerprint density at radius 3 is 1.68 bits per heavy atom. The molecule has 13 atom stereocenters. The highest BCUT2D eigenvalue weighted by Crippen LogP contribution is 2.21. The number of aromatic nitrogens is 1. The van der Waals surface area contributed by atoms with Crippen LogP contribution < -0.4 is 81.0 Å².